The van der Waals surface area contributed by atoms with Crippen LogP contribution in [0.2, 0.25) is 0 Å². The number of rotatable bonds is 3. The second-order valence-electron chi connectivity index (χ2n) is 4.31. The molecule has 4 nitrogen and oxygen atoms in total. The molecule has 76 valence electrons. The first-order valence-corrected chi connectivity index (χ1v) is 4.78. The Morgan fingerprint density at radius 3 is 2.93 bits per heavy atom. The Kier molecular flexibility index (Phi) is 2.06. The molecule has 0 radical (unpaired) electrons. The molecule has 0 spiro atoms. The van der Waals surface area contributed by atoms with E-state index in [0.29, 0.717) is 17.8 Å². The first-order chi connectivity index (χ1) is 6.61. The SMILES string of the molecule is Cc1cn[nH]c(=O)c1OCC1(C)CC1. The van der Waals surface area contributed by atoms with Gasteiger partial charge in [0.15, 0.2) is 5.75 Å². The van der Waals surface area contributed by atoms with Gasteiger partial charge in [-0.2, -0.15) is 5.10 Å². The minimum atomic E-state index is -0.241. The molecule has 0 aliphatic heterocycles. The van der Waals surface area contributed by atoms with Gasteiger partial charge in [0.25, 0.3) is 0 Å². The summed E-state index contributed by atoms with van der Waals surface area (Å²) < 4.78 is 5.51. The molecule has 0 saturated heterocycles. The standard InChI is InChI=1S/C10H14N2O2/c1-7-5-11-12-9(13)8(7)14-6-10(2)3-4-10/h5H,3-4,6H2,1-2H3,(H,12,13). The zero-order valence-corrected chi connectivity index (χ0v) is 8.46. The quantitative estimate of drug-likeness (QED) is 0.788. The minimum Gasteiger partial charge on any atom is -0.487 e. The predicted molar refractivity (Wildman–Crippen MR) is 52.4 cm³/mol. The van der Waals surface area contributed by atoms with Gasteiger partial charge in [0.1, 0.15) is 0 Å². The molecule has 1 aliphatic carbocycles. The Balaban J connectivity index is 2.12. The van der Waals surface area contributed by atoms with Gasteiger partial charge < -0.3 is 4.74 Å². The Bertz CT molecular complexity index is 393. The third-order valence-corrected chi connectivity index (χ3v) is 2.66. The van der Waals surface area contributed by atoms with Gasteiger partial charge in [-0.15, -0.1) is 0 Å². The first kappa shape index (κ1) is 9.24. The van der Waals surface area contributed by atoms with Crippen LogP contribution in [0.25, 0.3) is 0 Å². The van der Waals surface area contributed by atoms with Gasteiger partial charge in [-0.05, 0) is 19.8 Å². The molecule has 0 unspecified atom stereocenters. The van der Waals surface area contributed by atoms with Crippen LogP contribution >= 0.6 is 0 Å². The summed E-state index contributed by atoms with van der Waals surface area (Å²) in [5, 5.41) is 6.05. The third-order valence-electron chi connectivity index (χ3n) is 2.66. The van der Waals surface area contributed by atoms with Gasteiger partial charge in [0.05, 0.1) is 12.8 Å². The summed E-state index contributed by atoms with van der Waals surface area (Å²) in [4.78, 5) is 11.3. The van der Waals surface area contributed by atoms with Crippen molar-refractivity contribution in [3.8, 4) is 5.75 Å². The van der Waals surface area contributed by atoms with E-state index in [-0.39, 0.29) is 5.56 Å². The van der Waals surface area contributed by atoms with E-state index in [4.69, 9.17) is 4.74 Å². The minimum absolute atomic E-state index is 0.241. The molecule has 1 heterocycles. The van der Waals surface area contributed by atoms with Crippen molar-refractivity contribution in [1.29, 1.82) is 0 Å². The van der Waals surface area contributed by atoms with Crippen LogP contribution in [0.3, 0.4) is 0 Å². The van der Waals surface area contributed by atoms with E-state index < -0.39 is 0 Å². The molecule has 4 heteroatoms. The lowest BCUT2D eigenvalue weighted by atomic mass is 10.2. The Labute approximate surface area is 82.3 Å². The topological polar surface area (TPSA) is 55.0 Å². The van der Waals surface area contributed by atoms with Crippen molar-refractivity contribution < 1.29 is 4.74 Å². The smallest absolute Gasteiger partial charge is 0.306 e. The molecule has 1 aromatic heterocycles. The number of nitrogens with zero attached hydrogens (tertiary/aromatic N) is 1. The van der Waals surface area contributed by atoms with E-state index in [1.807, 2.05) is 6.92 Å². The maximum atomic E-state index is 11.3. The Morgan fingerprint density at radius 2 is 2.36 bits per heavy atom. The van der Waals surface area contributed by atoms with Crippen molar-refractivity contribution in [1.82, 2.24) is 10.2 Å². The monoisotopic (exact) mass is 194 g/mol. The van der Waals surface area contributed by atoms with Gasteiger partial charge in [-0.25, -0.2) is 5.10 Å². The Hall–Kier alpha value is -1.32. The number of hydrogen-bond acceptors (Lipinski definition) is 3. The van der Waals surface area contributed by atoms with Crippen LogP contribution in [-0.2, 0) is 0 Å². The highest BCUT2D eigenvalue weighted by Gasteiger charge is 2.38. The lowest BCUT2D eigenvalue weighted by Gasteiger charge is -2.11. The summed E-state index contributed by atoms with van der Waals surface area (Å²) in [6.45, 7) is 4.62. The van der Waals surface area contributed by atoms with Crippen LogP contribution in [0.5, 0.6) is 5.75 Å². The summed E-state index contributed by atoms with van der Waals surface area (Å²) in [5.74, 6) is 0.410. The maximum absolute atomic E-state index is 11.3. The second-order valence-corrected chi connectivity index (χ2v) is 4.31. The molecule has 14 heavy (non-hydrogen) atoms. The highest BCUT2D eigenvalue weighted by atomic mass is 16.5. The van der Waals surface area contributed by atoms with Crippen molar-refractivity contribution in [2.45, 2.75) is 26.7 Å². The van der Waals surface area contributed by atoms with E-state index in [9.17, 15) is 4.79 Å². The largest absolute Gasteiger partial charge is 0.487 e. The molecule has 0 bridgehead atoms. The molecule has 1 saturated carbocycles. The molecular weight excluding hydrogens is 180 g/mol. The van der Waals surface area contributed by atoms with Gasteiger partial charge in [-0.3, -0.25) is 4.79 Å². The number of nitrogens with one attached hydrogen (secondary N) is 1. The third kappa shape index (κ3) is 1.78. The molecule has 0 atom stereocenters. The molecule has 0 aromatic carbocycles. The lowest BCUT2D eigenvalue weighted by molar-refractivity contribution is 0.242. The lowest BCUT2D eigenvalue weighted by Crippen LogP contribution is -2.18. The summed E-state index contributed by atoms with van der Waals surface area (Å²) in [6.07, 6.45) is 3.98. The number of aryl methyl sites for hydroxylation is 1. The number of hydrogen-bond donors (Lipinski definition) is 1. The summed E-state index contributed by atoms with van der Waals surface area (Å²) in [7, 11) is 0. The second kappa shape index (κ2) is 3.12. The Morgan fingerprint density at radius 1 is 1.64 bits per heavy atom. The van der Waals surface area contributed by atoms with Gasteiger partial charge in [0, 0.05) is 11.0 Å². The van der Waals surface area contributed by atoms with Crippen LogP contribution < -0.4 is 10.3 Å². The van der Waals surface area contributed by atoms with E-state index in [2.05, 4.69) is 17.1 Å². The number of ether oxygens (including phenoxy) is 1. The normalized spacial score (nSPS) is 17.9. The van der Waals surface area contributed by atoms with Crippen LogP contribution in [0.4, 0.5) is 0 Å². The molecular formula is C10H14N2O2. The molecule has 1 fully saturated rings. The molecule has 0 amide bonds. The first-order valence-electron chi connectivity index (χ1n) is 4.78. The molecule has 1 aromatic rings. The van der Waals surface area contributed by atoms with Crippen LogP contribution in [0, 0.1) is 12.3 Å². The summed E-state index contributed by atoms with van der Waals surface area (Å²) >= 11 is 0. The number of aromatic amines is 1. The highest BCUT2D eigenvalue weighted by Crippen LogP contribution is 2.44. The van der Waals surface area contributed by atoms with Crippen LogP contribution in [0.15, 0.2) is 11.0 Å². The van der Waals surface area contributed by atoms with Crippen molar-refractivity contribution in [2.24, 2.45) is 5.41 Å². The average molecular weight is 194 g/mol. The highest BCUT2D eigenvalue weighted by molar-refractivity contribution is 5.26. The van der Waals surface area contributed by atoms with Gasteiger partial charge >= 0.3 is 5.56 Å². The number of aromatic nitrogens is 2. The average Bonchev–Trinajstić information content (AvgIpc) is 2.83. The fraction of sp³-hybridized carbons (Fsp3) is 0.600. The molecule has 1 N–H and O–H groups in total. The van der Waals surface area contributed by atoms with Crippen molar-refractivity contribution in [3.05, 3.63) is 22.1 Å². The van der Waals surface area contributed by atoms with E-state index in [1.165, 1.54) is 12.8 Å². The van der Waals surface area contributed by atoms with E-state index in [0.717, 1.165) is 5.56 Å². The van der Waals surface area contributed by atoms with Gasteiger partial charge in [0.2, 0.25) is 0 Å². The van der Waals surface area contributed by atoms with Crippen LogP contribution in [0.1, 0.15) is 25.3 Å². The van der Waals surface area contributed by atoms with Gasteiger partial charge in [-0.1, -0.05) is 6.92 Å². The zero-order chi connectivity index (χ0) is 10.2. The summed E-state index contributed by atoms with van der Waals surface area (Å²) in [6, 6.07) is 0. The van der Waals surface area contributed by atoms with E-state index in [1.54, 1.807) is 6.20 Å². The zero-order valence-electron chi connectivity index (χ0n) is 8.46. The maximum Gasteiger partial charge on any atom is 0.306 e. The number of H-pyrrole nitrogens is 1. The van der Waals surface area contributed by atoms with Crippen molar-refractivity contribution in [3.63, 3.8) is 0 Å². The van der Waals surface area contributed by atoms with Crippen LogP contribution in [-0.4, -0.2) is 16.8 Å². The van der Waals surface area contributed by atoms with E-state index >= 15 is 0 Å². The molecule has 1 aliphatic rings. The predicted octanol–water partition coefficient (Wildman–Crippen LogP) is 1.26. The fourth-order valence-electron chi connectivity index (χ4n) is 1.26. The molecule has 2 rings (SSSR count). The fourth-order valence-corrected chi connectivity index (χ4v) is 1.26. The van der Waals surface area contributed by atoms with Crippen molar-refractivity contribution >= 4 is 0 Å². The summed E-state index contributed by atoms with van der Waals surface area (Å²) in [5.41, 5.74) is 0.842. The van der Waals surface area contributed by atoms with Crippen molar-refractivity contribution in [2.75, 3.05) is 6.61 Å².